The van der Waals surface area contributed by atoms with Crippen LogP contribution in [0, 0.1) is 0 Å². The number of aromatic nitrogens is 3. The normalized spacial score (nSPS) is 14.2. The molecule has 228 valence electrons. The van der Waals surface area contributed by atoms with Crippen LogP contribution < -0.4 is 0 Å². The Kier molecular flexibility index (Phi) is 14.3. The summed E-state index contributed by atoms with van der Waals surface area (Å²) in [5.74, 6) is -24.7. The van der Waals surface area contributed by atoms with Crippen molar-refractivity contribution in [1.82, 2.24) is 15.0 Å². The Labute approximate surface area is 248 Å². The molecule has 0 aliphatic heterocycles. The summed E-state index contributed by atoms with van der Waals surface area (Å²) in [4.78, 5) is 7.29. The Morgan fingerprint density at radius 3 is 0.821 bits per heavy atom. The Balaban J connectivity index is 3.80. The predicted octanol–water partition coefficient (Wildman–Crippen LogP) is 7.69. The Bertz CT molecular complexity index is 793. The van der Waals surface area contributed by atoms with Crippen LogP contribution in [0.3, 0.4) is 0 Å². The van der Waals surface area contributed by atoms with Crippen LogP contribution in [-0.2, 0) is 17.8 Å². The average molecular weight is 932 g/mol. The summed E-state index contributed by atoms with van der Waals surface area (Å²) in [5, 5.41) is 0. The molecule has 1 heterocycles. The van der Waals surface area contributed by atoms with Crippen molar-refractivity contribution in [2.75, 3.05) is 0 Å². The fraction of sp³-hybridized carbons (Fsp3) is 0.857. The van der Waals surface area contributed by atoms with Crippen molar-refractivity contribution < 1.29 is 52.7 Å². The zero-order chi connectivity index (χ0) is 30.3. The van der Waals surface area contributed by atoms with Gasteiger partial charge in [0, 0.05) is 0 Å². The summed E-state index contributed by atoms with van der Waals surface area (Å²) >= 11 is -8.83. The van der Waals surface area contributed by atoms with Crippen molar-refractivity contribution >= 4 is 62.8 Å². The van der Waals surface area contributed by atoms with Crippen molar-refractivity contribution in [2.24, 2.45) is 0 Å². The quantitative estimate of drug-likeness (QED) is 0.0862. The number of alkyl halides is 12. The van der Waals surface area contributed by atoms with Gasteiger partial charge in [0.15, 0.2) is 0 Å². The fourth-order valence-corrected chi connectivity index (χ4v) is 10.7. The van der Waals surface area contributed by atoms with Crippen LogP contribution in [-0.4, -0.2) is 89.6 Å². The van der Waals surface area contributed by atoms with Gasteiger partial charge in [-0.05, 0) is 0 Å². The number of halogens is 12. The third kappa shape index (κ3) is 9.02. The van der Waals surface area contributed by atoms with Crippen molar-refractivity contribution in [3.05, 3.63) is 17.5 Å². The van der Waals surface area contributed by atoms with Gasteiger partial charge in [0.1, 0.15) is 0 Å². The first-order chi connectivity index (χ1) is 17.7. The van der Waals surface area contributed by atoms with Crippen molar-refractivity contribution in [2.45, 2.75) is 102 Å². The first kappa shape index (κ1) is 37.6. The number of unbranched alkanes of at least 4 members (excludes halogenated alkanes) is 3. The predicted molar refractivity (Wildman–Crippen MR) is 123 cm³/mol. The van der Waals surface area contributed by atoms with E-state index in [1.807, 2.05) is 0 Å². The van der Waals surface area contributed by atoms with Crippen molar-refractivity contribution in [3.8, 4) is 0 Å². The maximum absolute atomic E-state index is 14.9. The van der Waals surface area contributed by atoms with E-state index < -0.39 is 110 Å². The molecule has 0 aliphatic rings. The van der Waals surface area contributed by atoms with Crippen LogP contribution in [0.5, 0.6) is 0 Å². The Morgan fingerprint density at radius 2 is 0.641 bits per heavy atom. The van der Waals surface area contributed by atoms with Gasteiger partial charge in [-0.15, -0.1) is 0 Å². The molecule has 0 aliphatic carbocycles. The Hall–Kier alpha value is 0.539. The summed E-state index contributed by atoms with van der Waals surface area (Å²) in [6.45, 7) is 4.72. The third-order valence-corrected chi connectivity index (χ3v) is 14.4. The first-order valence-corrected chi connectivity index (χ1v) is 20.1. The van der Waals surface area contributed by atoms with E-state index >= 15 is 0 Å². The summed E-state index contributed by atoms with van der Waals surface area (Å²) in [6, 6.07) is 0. The summed E-state index contributed by atoms with van der Waals surface area (Å²) in [6.07, 6.45) is 1.33. The molecule has 0 fully saturated rings. The van der Waals surface area contributed by atoms with Crippen LogP contribution in [0.2, 0.25) is 13.4 Å². The molecule has 0 bridgehead atoms. The monoisotopic (exact) mass is 939 g/mol. The molecule has 1 aromatic heterocycles. The molecule has 0 radical (unpaired) electrons. The SMILES string of the molecule is CCCC[Te]C(F)(F)C(F)(F)c1nc(C(F)(F)C(F)(F)[Te]CCCC)nc(C(F)(F)C(F)(F)[Te]CCCC)n1. The molecular formula is C21H27F12N3Te3. The van der Waals surface area contributed by atoms with Gasteiger partial charge in [-0.3, -0.25) is 0 Å². The van der Waals surface area contributed by atoms with E-state index in [4.69, 9.17) is 0 Å². The van der Waals surface area contributed by atoms with Gasteiger partial charge < -0.3 is 0 Å². The maximum atomic E-state index is 14.9. The Morgan fingerprint density at radius 1 is 0.436 bits per heavy atom. The summed E-state index contributed by atoms with van der Waals surface area (Å²) in [7, 11) is 0. The number of nitrogens with zero attached hydrogens (tertiary/aromatic N) is 3. The molecule has 0 amide bonds. The van der Waals surface area contributed by atoms with Crippen molar-refractivity contribution in [3.63, 3.8) is 0 Å². The summed E-state index contributed by atoms with van der Waals surface area (Å²) < 4.78 is 160. The second kappa shape index (κ2) is 14.8. The zero-order valence-corrected chi connectivity index (χ0v) is 28.0. The van der Waals surface area contributed by atoms with Gasteiger partial charge in [-0.2, -0.15) is 0 Å². The molecule has 18 heteroatoms. The molecule has 39 heavy (non-hydrogen) atoms. The molecule has 3 nitrogen and oxygen atoms in total. The molecule has 0 N–H and O–H groups in total. The van der Waals surface area contributed by atoms with Crippen LogP contribution >= 0.6 is 0 Å². The molecule has 1 rings (SSSR count). The van der Waals surface area contributed by atoms with E-state index in [9.17, 15) is 52.7 Å². The van der Waals surface area contributed by atoms with E-state index in [0.29, 0.717) is 19.3 Å². The van der Waals surface area contributed by atoms with Crippen LogP contribution in [0.15, 0.2) is 0 Å². The van der Waals surface area contributed by atoms with Crippen molar-refractivity contribution in [1.29, 1.82) is 0 Å². The second-order valence-corrected chi connectivity index (χ2v) is 18.5. The van der Waals surface area contributed by atoms with Gasteiger partial charge >= 0.3 is 250 Å². The third-order valence-electron chi connectivity index (χ3n) is 4.92. The molecule has 0 spiro atoms. The average Bonchev–Trinajstić information content (AvgIpc) is 2.83. The molecule has 0 saturated carbocycles. The van der Waals surface area contributed by atoms with E-state index in [1.165, 1.54) is 0 Å². The zero-order valence-electron chi connectivity index (χ0n) is 21.0. The number of rotatable bonds is 18. The molecular weight excluding hydrogens is 905 g/mol. The van der Waals surface area contributed by atoms with E-state index in [-0.39, 0.29) is 32.7 Å². The molecule has 0 unspecified atom stereocenters. The van der Waals surface area contributed by atoms with E-state index in [1.54, 1.807) is 20.8 Å². The van der Waals surface area contributed by atoms with Gasteiger partial charge in [0.2, 0.25) is 0 Å². The van der Waals surface area contributed by atoms with Gasteiger partial charge in [-0.1, -0.05) is 0 Å². The van der Waals surface area contributed by atoms with Gasteiger partial charge in [0.05, 0.1) is 0 Å². The van der Waals surface area contributed by atoms with E-state index in [0.717, 1.165) is 0 Å². The van der Waals surface area contributed by atoms with Crippen LogP contribution in [0.1, 0.15) is 76.8 Å². The number of hydrogen-bond donors (Lipinski definition) is 0. The molecule has 1 aromatic rings. The van der Waals surface area contributed by atoms with Crippen LogP contribution in [0.25, 0.3) is 0 Å². The second-order valence-electron chi connectivity index (χ2n) is 8.19. The molecule has 0 saturated heterocycles. The topological polar surface area (TPSA) is 38.7 Å². The van der Waals surface area contributed by atoms with Gasteiger partial charge in [-0.25, -0.2) is 0 Å². The summed E-state index contributed by atoms with van der Waals surface area (Å²) in [5.41, 5.74) is 0. The number of hydrogen-bond acceptors (Lipinski definition) is 3. The van der Waals surface area contributed by atoms with Gasteiger partial charge in [0.25, 0.3) is 0 Å². The molecule has 0 aromatic carbocycles. The molecule has 0 atom stereocenters. The minimum absolute atomic E-state index is 0.0976. The minimum atomic E-state index is -5.58. The first-order valence-electron chi connectivity index (χ1n) is 11.7. The van der Waals surface area contributed by atoms with E-state index in [2.05, 4.69) is 15.0 Å². The fourth-order valence-electron chi connectivity index (χ4n) is 2.49. The standard InChI is InChI=1S/C21H27F12N3Te3/c1-4-7-10-37-19(28,29)16(22,23)13-34-14(17(24,25)20(30,31)38-11-8-5-2)36-15(35-13)18(26,27)21(32,33)39-12-9-6-3/h4-12H2,1-3H3. The van der Waals surface area contributed by atoms with Crippen LogP contribution in [0.4, 0.5) is 52.7 Å².